The maximum absolute atomic E-state index is 12.8. The van der Waals surface area contributed by atoms with Crippen LogP contribution in [-0.4, -0.2) is 35.3 Å². The first-order chi connectivity index (χ1) is 21.2. The molecule has 4 heteroatoms. The fraction of sp³-hybridized carbons (Fsp3) is 0.950. The van der Waals surface area contributed by atoms with Crippen LogP contribution in [0.4, 0.5) is 0 Å². The summed E-state index contributed by atoms with van der Waals surface area (Å²) in [7, 11) is 2.09. The second kappa shape index (κ2) is 12.5. The molecule has 4 bridgehead atoms. The van der Waals surface area contributed by atoms with Gasteiger partial charge in [-0.15, -0.1) is 0 Å². The second-order valence-electron chi connectivity index (χ2n) is 18.4. The highest BCUT2D eigenvalue weighted by atomic mass is 16.2. The van der Waals surface area contributed by atoms with E-state index in [9.17, 15) is 9.59 Å². The number of piperidine rings is 1. The third kappa shape index (κ3) is 5.82. The van der Waals surface area contributed by atoms with Gasteiger partial charge in [-0.2, -0.15) is 0 Å². The van der Waals surface area contributed by atoms with Crippen LogP contribution in [0.2, 0.25) is 0 Å². The van der Waals surface area contributed by atoms with Gasteiger partial charge in [-0.05, 0) is 149 Å². The van der Waals surface area contributed by atoms with Gasteiger partial charge >= 0.3 is 0 Å². The summed E-state index contributed by atoms with van der Waals surface area (Å²) >= 11 is 0. The maximum atomic E-state index is 12.8. The number of nitrogens with one attached hydrogen (secondary N) is 1. The first-order valence-corrected chi connectivity index (χ1v) is 19.8. The number of hydrogen-bond donors (Lipinski definition) is 1. The second-order valence-corrected chi connectivity index (χ2v) is 18.4. The summed E-state index contributed by atoms with van der Waals surface area (Å²) in [6.45, 7) is 5.26. The lowest BCUT2D eigenvalue weighted by Crippen LogP contribution is -2.61. The molecule has 1 heterocycles. The number of hydrogen-bond acceptors (Lipinski definition) is 2. The molecule has 248 valence electrons. The summed E-state index contributed by atoms with van der Waals surface area (Å²) in [5.41, 5.74) is 1.11. The topological polar surface area (TPSA) is 49.4 Å². The van der Waals surface area contributed by atoms with Crippen molar-refractivity contribution in [2.24, 2.45) is 52.3 Å². The van der Waals surface area contributed by atoms with Crippen molar-refractivity contribution in [3.05, 3.63) is 0 Å². The predicted molar refractivity (Wildman–Crippen MR) is 179 cm³/mol. The van der Waals surface area contributed by atoms with Crippen molar-refractivity contribution in [1.29, 1.82) is 0 Å². The molecule has 7 saturated carbocycles. The van der Waals surface area contributed by atoms with Crippen LogP contribution in [0.3, 0.4) is 0 Å². The Morgan fingerprint density at radius 2 is 1.36 bits per heavy atom. The number of carbonyl (C=O) groups is 2. The SMILES string of the molecule is CN1C(=O)CC[C@]2(C)C3CC[C@@]4(C)C(CC[C@@H]4CCCCCCCCCCC(=O)NC45CC6CC(CC(C6)C4)C5)C3CC[C@@H]12. The zero-order valence-corrected chi connectivity index (χ0v) is 28.9. The van der Waals surface area contributed by atoms with Crippen molar-refractivity contribution in [2.75, 3.05) is 7.05 Å². The monoisotopic (exact) mass is 607 g/mol. The van der Waals surface area contributed by atoms with Gasteiger partial charge in [0.25, 0.3) is 0 Å². The number of unbranched alkanes of at least 4 members (excludes halogenated alkanes) is 7. The molecule has 7 atom stereocenters. The molecule has 0 aromatic heterocycles. The molecule has 1 saturated heterocycles. The van der Waals surface area contributed by atoms with Gasteiger partial charge in [-0.1, -0.05) is 58.8 Å². The van der Waals surface area contributed by atoms with Gasteiger partial charge < -0.3 is 10.2 Å². The molecule has 0 spiro atoms. The van der Waals surface area contributed by atoms with E-state index in [1.165, 1.54) is 128 Å². The molecule has 0 radical (unpaired) electrons. The number of likely N-dealkylation sites (tertiary alicyclic amines) is 1. The molecular weight excluding hydrogens is 540 g/mol. The van der Waals surface area contributed by atoms with E-state index in [2.05, 4.69) is 31.1 Å². The lowest BCUT2D eigenvalue weighted by molar-refractivity contribution is -0.158. The Bertz CT molecular complexity index is 1020. The molecule has 3 unspecified atom stereocenters. The highest BCUT2D eigenvalue weighted by Crippen LogP contribution is 2.66. The standard InChI is InChI=1S/C40H66N2O2/c1-38-20-18-34-32(15-17-35-39(34,2)21-19-37(44)42(35)3)33(38)16-14-31(38)12-10-8-6-4-5-7-9-11-13-36(43)41-40-25-28-22-29(26-40)24-30(23-28)27-40/h28-35H,4-27H2,1-3H3,(H,41,43)/t28?,29?,30?,31-,32?,33?,34?,35+,38+,39+,40?/m0/s1. The predicted octanol–water partition coefficient (Wildman–Crippen LogP) is 9.45. The molecule has 0 aromatic carbocycles. The first-order valence-electron chi connectivity index (χ1n) is 19.8. The zero-order valence-electron chi connectivity index (χ0n) is 28.9. The minimum atomic E-state index is 0.189. The largest absolute Gasteiger partial charge is 0.351 e. The van der Waals surface area contributed by atoms with Crippen LogP contribution in [0.1, 0.15) is 168 Å². The molecule has 2 amide bonds. The van der Waals surface area contributed by atoms with Crippen LogP contribution in [0, 0.1) is 52.3 Å². The Morgan fingerprint density at radius 1 is 0.750 bits per heavy atom. The molecule has 8 rings (SSSR count). The molecule has 0 aromatic rings. The summed E-state index contributed by atoms with van der Waals surface area (Å²) in [5, 5.41) is 3.57. The summed E-state index contributed by atoms with van der Waals surface area (Å²) < 4.78 is 0. The summed E-state index contributed by atoms with van der Waals surface area (Å²) in [4.78, 5) is 27.4. The molecule has 44 heavy (non-hydrogen) atoms. The average Bonchev–Trinajstić information content (AvgIpc) is 3.31. The van der Waals surface area contributed by atoms with E-state index < -0.39 is 0 Å². The van der Waals surface area contributed by atoms with E-state index in [0.717, 1.165) is 67.1 Å². The Morgan fingerprint density at radius 3 is 2.05 bits per heavy atom. The van der Waals surface area contributed by atoms with Crippen LogP contribution >= 0.6 is 0 Å². The van der Waals surface area contributed by atoms with E-state index >= 15 is 0 Å². The number of amides is 2. The van der Waals surface area contributed by atoms with Gasteiger partial charge in [-0.25, -0.2) is 0 Å². The maximum Gasteiger partial charge on any atom is 0.222 e. The normalized spacial score (nSPS) is 45.6. The van der Waals surface area contributed by atoms with E-state index in [4.69, 9.17) is 0 Å². The fourth-order valence-corrected chi connectivity index (χ4v) is 14.1. The van der Waals surface area contributed by atoms with E-state index in [0.29, 0.717) is 28.7 Å². The van der Waals surface area contributed by atoms with Crippen molar-refractivity contribution in [1.82, 2.24) is 10.2 Å². The van der Waals surface area contributed by atoms with Gasteiger partial charge in [-0.3, -0.25) is 9.59 Å². The van der Waals surface area contributed by atoms with E-state index in [-0.39, 0.29) is 5.54 Å². The van der Waals surface area contributed by atoms with Crippen LogP contribution in [0.25, 0.3) is 0 Å². The van der Waals surface area contributed by atoms with Gasteiger partial charge in [0.05, 0.1) is 0 Å². The average molecular weight is 607 g/mol. The smallest absolute Gasteiger partial charge is 0.222 e. The van der Waals surface area contributed by atoms with Gasteiger partial charge in [0.15, 0.2) is 0 Å². The Hall–Kier alpha value is -1.06. The number of fused-ring (bicyclic) bond motifs is 5. The van der Waals surface area contributed by atoms with Crippen LogP contribution in [0.15, 0.2) is 0 Å². The lowest BCUT2D eigenvalue weighted by Gasteiger charge is -2.62. The molecule has 4 nitrogen and oxygen atoms in total. The van der Waals surface area contributed by atoms with Crippen molar-refractivity contribution in [2.45, 2.75) is 180 Å². The zero-order chi connectivity index (χ0) is 30.5. The molecule has 1 aliphatic heterocycles. The molecule has 8 fully saturated rings. The van der Waals surface area contributed by atoms with Gasteiger partial charge in [0, 0.05) is 31.5 Å². The first kappa shape index (κ1) is 31.5. The Balaban J connectivity index is 0.762. The number of carbonyl (C=O) groups excluding carboxylic acids is 2. The molecule has 1 N–H and O–H groups in total. The molecular formula is C40H66N2O2. The van der Waals surface area contributed by atoms with Crippen LogP contribution < -0.4 is 5.32 Å². The van der Waals surface area contributed by atoms with Gasteiger partial charge in [0.2, 0.25) is 11.8 Å². The minimum Gasteiger partial charge on any atom is -0.351 e. The van der Waals surface area contributed by atoms with Crippen molar-refractivity contribution in [3.8, 4) is 0 Å². The van der Waals surface area contributed by atoms with Crippen LogP contribution in [0.5, 0.6) is 0 Å². The number of rotatable bonds is 12. The van der Waals surface area contributed by atoms with Crippen molar-refractivity contribution < 1.29 is 9.59 Å². The number of nitrogens with zero attached hydrogens (tertiary/aromatic N) is 1. The highest BCUT2D eigenvalue weighted by Gasteiger charge is 2.61. The Kier molecular flexibility index (Phi) is 8.97. The lowest BCUT2D eigenvalue weighted by atomic mass is 9.46. The Labute approximate surface area is 270 Å². The quantitative estimate of drug-likeness (QED) is 0.225. The highest BCUT2D eigenvalue weighted by molar-refractivity contribution is 5.77. The van der Waals surface area contributed by atoms with E-state index in [1.807, 2.05) is 0 Å². The van der Waals surface area contributed by atoms with E-state index in [1.54, 1.807) is 0 Å². The summed E-state index contributed by atoms with van der Waals surface area (Å²) in [6.07, 6.45) is 31.2. The van der Waals surface area contributed by atoms with Crippen molar-refractivity contribution >= 4 is 11.8 Å². The summed E-state index contributed by atoms with van der Waals surface area (Å²) in [5.74, 6) is 7.07. The minimum absolute atomic E-state index is 0.189. The third-order valence-corrected chi connectivity index (χ3v) is 15.9. The molecule has 7 aliphatic carbocycles. The fourth-order valence-electron chi connectivity index (χ4n) is 14.1. The molecule has 8 aliphatic rings. The third-order valence-electron chi connectivity index (χ3n) is 15.9. The van der Waals surface area contributed by atoms with Crippen LogP contribution in [-0.2, 0) is 9.59 Å². The summed E-state index contributed by atoms with van der Waals surface area (Å²) in [6, 6.07) is 0.488. The van der Waals surface area contributed by atoms with Crippen molar-refractivity contribution in [3.63, 3.8) is 0 Å². The van der Waals surface area contributed by atoms with Gasteiger partial charge in [0.1, 0.15) is 0 Å².